The largest absolute Gasteiger partial charge is 0.497 e. The van der Waals surface area contributed by atoms with E-state index < -0.39 is 0 Å². The summed E-state index contributed by atoms with van der Waals surface area (Å²) in [5.74, 6) is 1.43. The molecule has 0 aliphatic rings. The molecule has 6 heteroatoms. The summed E-state index contributed by atoms with van der Waals surface area (Å²) in [6.07, 6.45) is 0.737. The molecule has 0 saturated carbocycles. The second-order valence-corrected chi connectivity index (χ2v) is 8.48. The van der Waals surface area contributed by atoms with Crippen molar-refractivity contribution in [2.24, 2.45) is 0 Å². The number of fused-ring (bicyclic) bond motifs is 2. The summed E-state index contributed by atoms with van der Waals surface area (Å²) in [6, 6.07) is 23.2. The van der Waals surface area contributed by atoms with E-state index in [9.17, 15) is 9.59 Å². The van der Waals surface area contributed by atoms with Crippen LogP contribution in [0, 0.1) is 6.92 Å². The second kappa shape index (κ2) is 9.50. The molecule has 0 fully saturated rings. The first-order chi connectivity index (χ1) is 17.0. The number of rotatable bonds is 7. The van der Waals surface area contributed by atoms with Crippen molar-refractivity contribution >= 4 is 27.8 Å². The molecule has 0 aliphatic carbocycles. The Morgan fingerprint density at radius 2 is 1.69 bits per heavy atom. The maximum absolute atomic E-state index is 12.9. The molecule has 35 heavy (non-hydrogen) atoms. The van der Waals surface area contributed by atoms with Gasteiger partial charge in [-0.05, 0) is 53.9 Å². The van der Waals surface area contributed by atoms with E-state index in [0.717, 1.165) is 11.1 Å². The molecule has 0 radical (unpaired) electrons. The van der Waals surface area contributed by atoms with Crippen molar-refractivity contribution in [3.05, 3.63) is 99.9 Å². The quantitative estimate of drug-likeness (QED) is 0.345. The molecule has 0 saturated heterocycles. The van der Waals surface area contributed by atoms with Gasteiger partial charge in [0.05, 0.1) is 19.1 Å². The highest BCUT2D eigenvalue weighted by Gasteiger charge is 2.23. The summed E-state index contributed by atoms with van der Waals surface area (Å²) in [4.78, 5) is 25.4. The zero-order chi connectivity index (χ0) is 24.4. The van der Waals surface area contributed by atoms with Gasteiger partial charge in [-0.1, -0.05) is 42.5 Å². The molecule has 5 aromatic rings. The Hall–Kier alpha value is -4.32. The number of furan rings is 1. The van der Waals surface area contributed by atoms with Crippen LogP contribution in [0.1, 0.15) is 16.9 Å². The Labute approximate surface area is 202 Å². The normalized spacial score (nSPS) is 11.1. The van der Waals surface area contributed by atoms with Crippen molar-refractivity contribution in [2.45, 2.75) is 19.8 Å². The molecule has 0 spiro atoms. The summed E-state index contributed by atoms with van der Waals surface area (Å²) in [5.41, 5.74) is 2.58. The Morgan fingerprint density at radius 3 is 2.46 bits per heavy atom. The fourth-order valence-electron chi connectivity index (χ4n) is 4.26. The molecule has 0 bridgehead atoms. The summed E-state index contributed by atoms with van der Waals surface area (Å²) in [5, 5.41) is 5.35. The van der Waals surface area contributed by atoms with Crippen molar-refractivity contribution in [1.29, 1.82) is 0 Å². The molecule has 1 amide bonds. The minimum atomic E-state index is -0.276. The van der Waals surface area contributed by atoms with Gasteiger partial charge < -0.3 is 18.9 Å². The highest BCUT2D eigenvalue weighted by atomic mass is 16.5. The van der Waals surface area contributed by atoms with Crippen molar-refractivity contribution in [1.82, 2.24) is 5.32 Å². The van der Waals surface area contributed by atoms with E-state index in [1.165, 1.54) is 16.8 Å². The minimum Gasteiger partial charge on any atom is -0.497 e. The van der Waals surface area contributed by atoms with Crippen LogP contribution >= 0.6 is 0 Å². The van der Waals surface area contributed by atoms with Crippen molar-refractivity contribution in [3.63, 3.8) is 0 Å². The van der Waals surface area contributed by atoms with Crippen LogP contribution in [0.5, 0.6) is 5.75 Å². The number of amides is 1. The third-order valence-electron chi connectivity index (χ3n) is 6.02. The first-order valence-corrected chi connectivity index (χ1v) is 11.5. The average Bonchev–Trinajstić information content (AvgIpc) is 3.22. The molecule has 6 nitrogen and oxygen atoms in total. The molecule has 0 atom stereocenters. The number of aryl methyl sites for hydroxylation is 1. The van der Waals surface area contributed by atoms with Crippen LogP contribution in [0.2, 0.25) is 0 Å². The highest BCUT2D eigenvalue weighted by molar-refractivity contribution is 5.90. The standard InChI is InChI=1S/C29H25NO5/c1-18-15-25(31)29-28(34-18)24(27(35-29)21-9-11-23(33-2)12-10-21)17-26(32)30-14-13-19-7-8-20-5-3-4-6-22(20)16-19/h3-12,15-16H,13-14,17H2,1-2H3,(H,30,32). The van der Waals surface area contributed by atoms with Gasteiger partial charge in [-0.15, -0.1) is 0 Å². The van der Waals surface area contributed by atoms with Crippen LogP contribution in [0.4, 0.5) is 0 Å². The van der Waals surface area contributed by atoms with Crippen LogP contribution in [0.15, 0.2) is 86.4 Å². The van der Waals surface area contributed by atoms with Gasteiger partial charge in [0.2, 0.25) is 16.9 Å². The molecule has 5 rings (SSSR count). The molecule has 3 aromatic carbocycles. The van der Waals surface area contributed by atoms with Crippen LogP contribution in [0.25, 0.3) is 33.3 Å². The maximum Gasteiger partial charge on any atom is 0.228 e. The first kappa shape index (κ1) is 22.5. The molecular weight excluding hydrogens is 442 g/mol. The van der Waals surface area contributed by atoms with Crippen LogP contribution in [-0.4, -0.2) is 19.6 Å². The number of carbonyl (C=O) groups is 1. The van der Waals surface area contributed by atoms with Gasteiger partial charge in [-0.3, -0.25) is 9.59 Å². The summed E-state index contributed by atoms with van der Waals surface area (Å²) in [6.45, 7) is 2.20. The Morgan fingerprint density at radius 1 is 0.914 bits per heavy atom. The van der Waals surface area contributed by atoms with E-state index in [0.29, 0.717) is 41.4 Å². The molecule has 2 aromatic heterocycles. The number of nitrogens with one attached hydrogen (secondary N) is 1. The lowest BCUT2D eigenvalue weighted by Gasteiger charge is -2.08. The fraction of sp³-hybridized carbons (Fsp3) is 0.172. The maximum atomic E-state index is 12.9. The molecule has 1 N–H and O–H groups in total. The van der Waals surface area contributed by atoms with Gasteiger partial charge in [-0.25, -0.2) is 0 Å². The monoisotopic (exact) mass is 467 g/mol. The average molecular weight is 468 g/mol. The summed E-state index contributed by atoms with van der Waals surface area (Å²) >= 11 is 0. The number of hydrogen-bond donors (Lipinski definition) is 1. The van der Waals surface area contributed by atoms with Crippen molar-refractivity contribution in [2.75, 3.05) is 13.7 Å². The SMILES string of the molecule is COc1ccc(-c2oc3c(=O)cc(C)oc3c2CC(=O)NCCc2ccc3ccccc3c2)cc1. The zero-order valence-electron chi connectivity index (χ0n) is 19.6. The van der Waals surface area contributed by atoms with Crippen LogP contribution in [0.3, 0.4) is 0 Å². The van der Waals surface area contributed by atoms with Crippen molar-refractivity contribution in [3.8, 4) is 17.1 Å². The second-order valence-electron chi connectivity index (χ2n) is 8.48. The van der Waals surface area contributed by atoms with Gasteiger partial charge in [0.15, 0.2) is 5.58 Å². The third-order valence-corrected chi connectivity index (χ3v) is 6.02. The third kappa shape index (κ3) is 4.68. The van der Waals surface area contributed by atoms with Gasteiger partial charge in [-0.2, -0.15) is 0 Å². The molecular formula is C29H25NO5. The van der Waals surface area contributed by atoms with E-state index in [-0.39, 0.29) is 23.3 Å². The van der Waals surface area contributed by atoms with Crippen LogP contribution in [-0.2, 0) is 17.6 Å². The lowest BCUT2D eigenvalue weighted by molar-refractivity contribution is -0.120. The Kier molecular flexibility index (Phi) is 6.10. The van der Waals surface area contributed by atoms with E-state index in [2.05, 4.69) is 35.6 Å². The molecule has 0 unspecified atom stereocenters. The number of ether oxygens (including phenoxy) is 1. The topological polar surface area (TPSA) is 81.7 Å². The van der Waals surface area contributed by atoms with E-state index in [1.54, 1.807) is 26.2 Å². The highest BCUT2D eigenvalue weighted by Crippen LogP contribution is 2.34. The minimum absolute atomic E-state index is 0.0263. The van der Waals surface area contributed by atoms with E-state index >= 15 is 0 Å². The number of carbonyl (C=O) groups excluding carboxylic acids is 1. The lowest BCUT2D eigenvalue weighted by Crippen LogP contribution is -2.27. The number of hydrogen-bond acceptors (Lipinski definition) is 5. The van der Waals surface area contributed by atoms with Gasteiger partial charge in [0.1, 0.15) is 17.3 Å². The van der Waals surface area contributed by atoms with Gasteiger partial charge in [0, 0.05) is 18.2 Å². The number of methoxy groups -OCH3 is 1. The zero-order valence-corrected chi connectivity index (χ0v) is 19.6. The molecule has 0 aliphatic heterocycles. The predicted molar refractivity (Wildman–Crippen MR) is 136 cm³/mol. The van der Waals surface area contributed by atoms with Gasteiger partial charge in [0.25, 0.3) is 0 Å². The van der Waals surface area contributed by atoms with Gasteiger partial charge >= 0.3 is 0 Å². The lowest BCUT2D eigenvalue weighted by atomic mass is 10.0. The molecule has 176 valence electrons. The summed E-state index contributed by atoms with van der Waals surface area (Å²) < 4.78 is 17.0. The fourth-order valence-corrected chi connectivity index (χ4v) is 4.26. The Bertz CT molecular complexity index is 1580. The van der Waals surface area contributed by atoms with Crippen LogP contribution < -0.4 is 15.5 Å². The van der Waals surface area contributed by atoms with Crippen molar-refractivity contribution < 1.29 is 18.4 Å². The first-order valence-electron chi connectivity index (χ1n) is 11.5. The smallest absolute Gasteiger partial charge is 0.228 e. The Balaban J connectivity index is 1.37. The summed E-state index contributed by atoms with van der Waals surface area (Å²) in [7, 11) is 1.59. The molecule has 2 heterocycles. The van der Waals surface area contributed by atoms with E-state index in [4.69, 9.17) is 13.6 Å². The number of benzene rings is 3. The van der Waals surface area contributed by atoms with E-state index in [1.807, 2.05) is 24.3 Å². The predicted octanol–water partition coefficient (Wildman–Crippen LogP) is 5.42.